The van der Waals surface area contributed by atoms with Gasteiger partial charge in [0.05, 0.1) is 11.0 Å². The van der Waals surface area contributed by atoms with Crippen LogP contribution >= 0.6 is 12.2 Å². The molecule has 1 unspecified atom stereocenters. The van der Waals surface area contributed by atoms with Gasteiger partial charge in [-0.1, -0.05) is 25.6 Å². The Hall–Kier alpha value is -1.83. The minimum atomic E-state index is -4.76. The van der Waals surface area contributed by atoms with Crippen LogP contribution in [0, 0.1) is 0 Å². The maximum absolute atomic E-state index is 12.0. The monoisotopic (exact) mass is 320 g/mol. The van der Waals surface area contributed by atoms with E-state index in [0.717, 1.165) is 18.6 Å². The molecule has 3 N–H and O–H groups in total. The van der Waals surface area contributed by atoms with Crippen molar-refractivity contribution >= 4 is 23.1 Å². The molecule has 0 spiro atoms. The zero-order valence-corrected chi connectivity index (χ0v) is 12.1. The van der Waals surface area contributed by atoms with Crippen LogP contribution in [0.5, 0.6) is 5.75 Å². The van der Waals surface area contributed by atoms with Crippen LogP contribution in [0.15, 0.2) is 24.3 Å². The van der Waals surface area contributed by atoms with Crippen LogP contribution in [-0.2, 0) is 0 Å². The van der Waals surface area contributed by atoms with Crippen LogP contribution in [0.1, 0.15) is 30.1 Å². The van der Waals surface area contributed by atoms with Gasteiger partial charge in [-0.25, -0.2) is 0 Å². The lowest BCUT2D eigenvalue weighted by Crippen LogP contribution is -2.43. The highest BCUT2D eigenvalue weighted by Crippen LogP contribution is 2.22. The molecule has 0 radical (unpaired) electrons. The SMILES string of the molecule is CCCC(NC(=O)c1ccc(OC(F)(F)F)cc1)C(N)=S. The fraction of sp³-hybridized carbons (Fsp3) is 0.385. The topological polar surface area (TPSA) is 64.3 Å². The Kier molecular flexibility index (Phi) is 5.95. The van der Waals surface area contributed by atoms with Gasteiger partial charge in [-0.2, -0.15) is 0 Å². The summed E-state index contributed by atoms with van der Waals surface area (Å²) in [5.74, 6) is -0.849. The standard InChI is InChI=1S/C13H15F3N2O2S/c1-2-3-10(11(17)21)18-12(19)8-4-6-9(7-5-8)20-13(14,15)16/h4-7,10H,2-3H2,1H3,(H2,17,21)(H,18,19). The van der Waals surface area contributed by atoms with E-state index in [0.29, 0.717) is 6.42 Å². The molecule has 8 heteroatoms. The highest BCUT2D eigenvalue weighted by molar-refractivity contribution is 7.80. The number of ether oxygens (including phenoxy) is 1. The Morgan fingerprint density at radius 2 is 1.95 bits per heavy atom. The zero-order valence-electron chi connectivity index (χ0n) is 11.2. The van der Waals surface area contributed by atoms with Gasteiger partial charge in [0.2, 0.25) is 0 Å². The van der Waals surface area contributed by atoms with Crippen LogP contribution in [0.4, 0.5) is 13.2 Å². The van der Waals surface area contributed by atoms with Gasteiger partial charge in [0.15, 0.2) is 0 Å². The largest absolute Gasteiger partial charge is 0.573 e. The molecule has 0 heterocycles. The molecule has 116 valence electrons. The normalized spacial score (nSPS) is 12.6. The van der Waals surface area contributed by atoms with Gasteiger partial charge in [0.1, 0.15) is 5.75 Å². The van der Waals surface area contributed by atoms with Crippen LogP contribution in [0.3, 0.4) is 0 Å². The highest BCUT2D eigenvalue weighted by atomic mass is 32.1. The molecule has 0 aliphatic carbocycles. The smallest absolute Gasteiger partial charge is 0.406 e. The second-order valence-corrected chi connectivity index (χ2v) is 4.76. The quantitative estimate of drug-likeness (QED) is 0.791. The number of amides is 1. The van der Waals surface area contributed by atoms with Crippen molar-refractivity contribution in [2.45, 2.75) is 32.2 Å². The number of rotatable bonds is 6. The van der Waals surface area contributed by atoms with E-state index in [9.17, 15) is 18.0 Å². The van der Waals surface area contributed by atoms with Crippen molar-refractivity contribution < 1.29 is 22.7 Å². The third kappa shape index (κ3) is 5.99. The molecule has 0 aliphatic rings. The Bertz CT molecular complexity index is 503. The number of thiocarbonyl (C=S) groups is 1. The Labute approximate surface area is 125 Å². The number of carbonyl (C=O) groups is 1. The summed E-state index contributed by atoms with van der Waals surface area (Å²) in [6.45, 7) is 1.92. The maximum Gasteiger partial charge on any atom is 0.573 e. The van der Waals surface area contributed by atoms with E-state index >= 15 is 0 Å². The first-order valence-electron chi connectivity index (χ1n) is 6.19. The Balaban J connectivity index is 2.72. The second-order valence-electron chi connectivity index (χ2n) is 4.29. The fourth-order valence-corrected chi connectivity index (χ4v) is 1.80. The molecule has 0 fully saturated rings. The van der Waals surface area contributed by atoms with Crippen molar-refractivity contribution in [3.63, 3.8) is 0 Å². The third-order valence-corrected chi connectivity index (χ3v) is 2.86. The zero-order chi connectivity index (χ0) is 16.0. The van der Waals surface area contributed by atoms with Crippen molar-refractivity contribution in [1.29, 1.82) is 0 Å². The predicted molar refractivity (Wildman–Crippen MR) is 76.1 cm³/mol. The summed E-state index contributed by atoms with van der Waals surface area (Å²) in [6, 6.07) is 4.16. The number of nitrogens with two attached hydrogens (primary N) is 1. The van der Waals surface area contributed by atoms with Crippen LogP contribution in [0.25, 0.3) is 0 Å². The highest BCUT2D eigenvalue weighted by Gasteiger charge is 2.31. The van der Waals surface area contributed by atoms with Crippen LogP contribution in [-0.4, -0.2) is 23.3 Å². The number of hydrogen-bond acceptors (Lipinski definition) is 3. The van der Waals surface area contributed by atoms with Crippen molar-refractivity contribution in [2.75, 3.05) is 0 Å². The molecular weight excluding hydrogens is 305 g/mol. The summed E-state index contributed by atoms with van der Waals surface area (Å²) in [5.41, 5.74) is 5.71. The van der Waals surface area contributed by atoms with Crippen molar-refractivity contribution in [3.05, 3.63) is 29.8 Å². The lowest BCUT2D eigenvalue weighted by atomic mass is 10.1. The summed E-state index contributed by atoms with van der Waals surface area (Å²) in [4.78, 5) is 12.1. The second kappa shape index (κ2) is 7.26. The number of nitrogens with one attached hydrogen (secondary N) is 1. The molecule has 0 aliphatic heterocycles. The first-order chi connectivity index (χ1) is 9.73. The minimum Gasteiger partial charge on any atom is -0.406 e. The van der Waals surface area contributed by atoms with E-state index in [4.69, 9.17) is 18.0 Å². The number of alkyl halides is 3. The molecule has 1 aromatic carbocycles. The number of carbonyl (C=O) groups excluding carboxylic acids is 1. The molecule has 1 amide bonds. The summed E-state index contributed by atoms with van der Waals surface area (Å²) in [6.07, 6.45) is -3.39. The summed E-state index contributed by atoms with van der Waals surface area (Å²) in [7, 11) is 0. The molecule has 0 aromatic heterocycles. The average Bonchev–Trinajstić information content (AvgIpc) is 2.36. The summed E-state index contributed by atoms with van der Waals surface area (Å²) in [5, 5.41) is 2.63. The lowest BCUT2D eigenvalue weighted by molar-refractivity contribution is -0.274. The van der Waals surface area contributed by atoms with Crippen LogP contribution < -0.4 is 15.8 Å². The van der Waals surface area contributed by atoms with Gasteiger partial charge in [0, 0.05) is 5.56 Å². The van der Waals surface area contributed by atoms with Crippen molar-refractivity contribution in [1.82, 2.24) is 5.32 Å². The number of hydrogen-bond donors (Lipinski definition) is 2. The molecule has 1 atom stereocenters. The van der Waals surface area contributed by atoms with Gasteiger partial charge in [-0.05, 0) is 30.7 Å². The van der Waals surface area contributed by atoms with Crippen molar-refractivity contribution in [2.24, 2.45) is 5.73 Å². The van der Waals surface area contributed by atoms with E-state index in [2.05, 4.69) is 10.1 Å². The number of benzene rings is 1. The molecule has 0 saturated heterocycles. The molecule has 1 aromatic rings. The van der Waals surface area contributed by atoms with Gasteiger partial charge < -0.3 is 15.8 Å². The Morgan fingerprint density at radius 1 is 1.38 bits per heavy atom. The van der Waals surface area contributed by atoms with Gasteiger partial charge in [-0.15, -0.1) is 13.2 Å². The lowest BCUT2D eigenvalue weighted by Gasteiger charge is -2.16. The Morgan fingerprint density at radius 3 is 2.38 bits per heavy atom. The molecular formula is C13H15F3N2O2S. The molecule has 0 bridgehead atoms. The summed E-state index contributed by atoms with van der Waals surface area (Å²) < 4.78 is 39.8. The molecule has 4 nitrogen and oxygen atoms in total. The van der Waals surface area contributed by atoms with E-state index < -0.39 is 24.1 Å². The minimum absolute atomic E-state index is 0.169. The third-order valence-electron chi connectivity index (χ3n) is 2.58. The first-order valence-corrected chi connectivity index (χ1v) is 6.59. The molecule has 21 heavy (non-hydrogen) atoms. The summed E-state index contributed by atoms with van der Waals surface area (Å²) >= 11 is 4.85. The maximum atomic E-state index is 12.0. The van der Waals surface area contributed by atoms with Gasteiger partial charge in [-0.3, -0.25) is 4.79 Å². The van der Waals surface area contributed by atoms with E-state index in [1.54, 1.807) is 0 Å². The van der Waals surface area contributed by atoms with E-state index in [1.807, 2.05) is 6.92 Å². The van der Waals surface area contributed by atoms with Gasteiger partial charge in [0.25, 0.3) is 5.91 Å². The first kappa shape index (κ1) is 17.2. The van der Waals surface area contributed by atoms with Crippen molar-refractivity contribution in [3.8, 4) is 5.75 Å². The average molecular weight is 320 g/mol. The van der Waals surface area contributed by atoms with Gasteiger partial charge >= 0.3 is 6.36 Å². The van der Waals surface area contributed by atoms with E-state index in [1.165, 1.54) is 12.1 Å². The predicted octanol–water partition coefficient (Wildman–Crippen LogP) is 2.77. The van der Waals surface area contributed by atoms with Crippen LogP contribution in [0.2, 0.25) is 0 Å². The number of halogens is 3. The van der Waals surface area contributed by atoms with E-state index in [-0.39, 0.29) is 10.6 Å². The molecule has 0 saturated carbocycles. The fourth-order valence-electron chi connectivity index (χ4n) is 1.62. The molecule has 1 rings (SSSR count).